The third kappa shape index (κ3) is 8.08. The Hall–Kier alpha value is -3.34. The van der Waals surface area contributed by atoms with E-state index in [0.29, 0.717) is 18.0 Å². The standard InChI is InChI=1S/C24H29F3N6O3S/c1-3-33-22(35)20(37-23(33)19(14-28)21(34)30-16-24(25,26)27)15-29-17-5-4-6-18(13-17)36-12-11-32-9-7-31(2)8-10-32/h4-6,13,15,29H,3,7-12,16H2,1-2H3,(H,30,34). The SMILES string of the molecule is CCn1c(=C(C#N)C(=O)NCC(F)(F)F)sc(=CNc2cccc(OCCN3CCN(C)CC3)c2)c1=O. The molecule has 0 saturated carbocycles. The smallest absolute Gasteiger partial charge is 0.405 e. The van der Waals surface area contributed by atoms with Gasteiger partial charge < -0.3 is 20.3 Å². The zero-order valence-corrected chi connectivity index (χ0v) is 21.4. The molecule has 0 aliphatic carbocycles. The van der Waals surface area contributed by atoms with Crippen molar-refractivity contribution < 1.29 is 22.7 Å². The van der Waals surface area contributed by atoms with Gasteiger partial charge in [-0.15, -0.1) is 11.3 Å². The monoisotopic (exact) mass is 538 g/mol. The molecule has 1 saturated heterocycles. The molecule has 9 nitrogen and oxygen atoms in total. The van der Waals surface area contributed by atoms with Gasteiger partial charge in [0.2, 0.25) is 0 Å². The molecule has 2 N–H and O–H groups in total. The van der Waals surface area contributed by atoms with Crippen LogP contribution in [0.5, 0.6) is 5.75 Å². The minimum Gasteiger partial charge on any atom is -0.492 e. The number of aromatic nitrogens is 1. The van der Waals surface area contributed by atoms with Gasteiger partial charge >= 0.3 is 6.18 Å². The second kappa shape index (κ2) is 12.8. The number of hydrogen-bond donors (Lipinski definition) is 2. The molecule has 1 aromatic heterocycles. The fraction of sp³-hybridized carbons (Fsp3) is 0.458. The van der Waals surface area contributed by atoms with Crippen molar-refractivity contribution in [3.63, 3.8) is 0 Å². The molecule has 0 atom stereocenters. The molecule has 3 rings (SSSR count). The first kappa shape index (κ1) is 28.2. The van der Waals surface area contributed by atoms with E-state index in [9.17, 15) is 28.0 Å². The number of amides is 1. The number of thiazole rings is 1. The molecule has 0 bridgehead atoms. The minimum atomic E-state index is -4.62. The van der Waals surface area contributed by atoms with Gasteiger partial charge in [0, 0.05) is 57.2 Å². The van der Waals surface area contributed by atoms with E-state index in [1.807, 2.05) is 6.07 Å². The zero-order valence-electron chi connectivity index (χ0n) is 20.6. The van der Waals surface area contributed by atoms with E-state index in [-0.39, 0.29) is 15.7 Å². The van der Waals surface area contributed by atoms with Crippen LogP contribution in [-0.4, -0.2) is 79.4 Å². The maximum Gasteiger partial charge on any atom is 0.405 e. The first-order valence-corrected chi connectivity index (χ1v) is 12.5. The third-order valence-electron chi connectivity index (χ3n) is 5.70. The number of nitrogens with one attached hydrogen (secondary N) is 2. The van der Waals surface area contributed by atoms with E-state index in [4.69, 9.17) is 4.74 Å². The number of carbonyl (C=O) groups is 1. The molecule has 1 amide bonds. The maximum absolute atomic E-state index is 12.8. The summed E-state index contributed by atoms with van der Waals surface area (Å²) in [7, 11) is 2.11. The number of carbonyl (C=O) groups excluding carboxylic acids is 1. The highest BCUT2D eigenvalue weighted by molar-refractivity contribution is 7.07. The van der Waals surface area contributed by atoms with Crippen LogP contribution in [0.3, 0.4) is 0 Å². The third-order valence-corrected chi connectivity index (χ3v) is 6.83. The Labute approximate surface area is 216 Å². The Balaban J connectivity index is 1.74. The summed E-state index contributed by atoms with van der Waals surface area (Å²) in [6.45, 7) is 5.62. The lowest BCUT2D eigenvalue weighted by atomic mass is 10.3. The topological polar surface area (TPSA) is 103 Å². The normalized spacial score (nSPS) is 16.3. The Kier molecular flexibility index (Phi) is 9.73. The summed E-state index contributed by atoms with van der Waals surface area (Å²) in [5.41, 5.74) is -0.364. The predicted molar refractivity (Wildman–Crippen MR) is 136 cm³/mol. The average Bonchev–Trinajstić information content (AvgIpc) is 3.17. The summed E-state index contributed by atoms with van der Waals surface area (Å²) in [5, 5.41) is 14.1. The molecular weight excluding hydrogens is 509 g/mol. The van der Waals surface area contributed by atoms with Crippen LogP contribution in [0, 0.1) is 11.3 Å². The number of ether oxygens (including phenoxy) is 1. The first-order valence-electron chi connectivity index (χ1n) is 11.7. The first-order chi connectivity index (χ1) is 17.6. The van der Waals surface area contributed by atoms with Crippen LogP contribution in [0.25, 0.3) is 11.8 Å². The van der Waals surface area contributed by atoms with E-state index in [2.05, 4.69) is 22.2 Å². The van der Waals surface area contributed by atoms with Gasteiger partial charge in [-0.05, 0) is 26.1 Å². The number of benzene rings is 1. The molecule has 1 aliphatic heterocycles. The van der Waals surface area contributed by atoms with E-state index in [0.717, 1.165) is 44.1 Å². The van der Waals surface area contributed by atoms with Crippen LogP contribution >= 0.6 is 11.3 Å². The van der Waals surface area contributed by atoms with Crippen molar-refractivity contribution in [3.05, 3.63) is 43.8 Å². The molecule has 1 fully saturated rings. The van der Waals surface area contributed by atoms with Crippen molar-refractivity contribution in [1.82, 2.24) is 19.7 Å². The number of hydrogen-bond acceptors (Lipinski definition) is 8. The quantitative estimate of drug-likeness (QED) is 0.486. The maximum atomic E-state index is 12.8. The molecule has 200 valence electrons. The molecule has 37 heavy (non-hydrogen) atoms. The highest BCUT2D eigenvalue weighted by atomic mass is 32.1. The van der Waals surface area contributed by atoms with Gasteiger partial charge in [0.25, 0.3) is 11.5 Å². The second-order valence-corrected chi connectivity index (χ2v) is 9.45. The molecular formula is C24H29F3N6O3S. The summed E-state index contributed by atoms with van der Waals surface area (Å²) in [5.74, 6) is -0.531. The van der Waals surface area contributed by atoms with Crippen molar-refractivity contribution >= 4 is 34.7 Å². The number of anilines is 1. The van der Waals surface area contributed by atoms with Crippen molar-refractivity contribution in [1.29, 1.82) is 5.26 Å². The van der Waals surface area contributed by atoms with E-state index < -0.39 is 29.8 Å². The number of likely N-dealkylation sites (N-methyl/N-ethyl adjacent to an activating group) is 1. The molecule has 13 heteroatoms. The van der Waals surface area contributed by atoms with Gasteiger partial charge in [-0.1, -0.05) is 6.07 Å². The molecule has 1 aliphatic rings. The molecule has 0 unspecified atom stereocenters. The summed E-state index contributed by atoms with van der Waals surface area (Å²) in [6, 6.07) is 8.83. The second-order valence-electron chi connectivity index (χ2n) is 8.42. The Morgan fingerprint density at radius 1 is 1.27 bits per heavy atom. The number of rotatable bonds is 9. The van der Waals surface area contributed by atoms with Gasteiger partial charge in [-0.3, -0.25) is 19.1 Å². The van der Waals surface area contributed by atoms with E-state index in [1.54, 1.807) is 36.5 Å². The lowest BCUT2D eigenvalue weighted by Gasteiger charge is -2.32. The summed E-state index contributed by atoms with van der Waals surface area (Å²) < 4.78 is 44.6. The van der Waals surface area contributed by atoms with Crippen LogP contribution in [0.2, 0.25) is 0 Å². The van der Waals surface area contributed by atoms with Crippen LogP contribution in [0.15, 0.2) is 29.1 Å². The molecule has 0 spiro atoms. The molecule has 2 heterocycles. The van der Waals surface area contributed by atoms with Crippen LogP contribution < -0.4 is 30.1 Å². The average molecular weight is 539 g/mol. The van der Waals surface area contributed by atoms with Crippen LogP contribution in [0.1, 0.15) is 6.92 Å². The van der Waals surface area contributed by atoms with Crippen LogP contribution in [-0.2, 0) is 11.3 Å². The van der Waals surface area contributed by atoms with Gasteiger partial charge in [-0.2, -0.15) is 18.4 Å². The fourth-order valence-corrected chi connectivity index (χ4v) is 4.73. The van der Waals surface area contributed by atoms with Crippen molar-refractivity contribution in [2.45, 2.75) is 19.6 Å². The number of piperazine rings is 1. The number of nitriles is 1. The van der Waals surface area contributed by atoms with Gasteiger partial charge in [0.15, 0.2) is 5.57 Å². The minimum absolute atomic E-state index is 0.0104. The molecule has 1 aromatic carbocycles. The van der Waals surface area contributed by atoms with Gasteiger partial charge in [0.05, 0.1) is 0 Å². The van der Waals surface area contributed by atoms with E-state index in [1.165, 1.54) is 10.8 Å². The zero-order chi connectivity index (χ0) is 27.0. The highest BCUT2D eigenvalue weighted by Gasteiger charge is 2.29. The summed E-state index contributed by atoms with van der Waals surface area (Å²) in [6.07, 6.45) is -3.18. The van der Waals surface area contributed by atoms with Gasteiger partial charge in [0.1, 0.15) is 34.2 Å². The van der Waals surface area contributed by atoms with E-state index >= 15 is 0 Å². The Morgan fingerprint density at radius 3 is 2.65 bits per heavy atom. The summed E-state index contributed by atoms with van der Waals surface area (Å²) in [4.78, 5) is 29.7. The Morgan fingerprint density at radius 2 is 2.00 bits per heavy atom. The van der Waals surface area contributed by atoms with Crippen molar-refractivity contribution in [2.24, 2.45) is 0 Å². The predicted octanol–water partition coefficient (Wildman–Crippen LogP) is 0.759. The fourth-order valence-electron chi connectivity index (χ4n) is 3.65. The largest absolute Gasteiger partial charge is 0.492 e. The van der Waals surface area contributed by atoms with Crippen molar-refractivity contribution in [2.75, 3.05) is 58.2 Å². The van der Waals surface area contributed by atoms with Gasteiger partial charge in [-0.25, -0.2) is 0 Å². The molecule has 0 radical (unpaired) electrons. The summed E-state index contributed by atoms with van der Waals surface area (Å²) >= 11 is 0.849. The molecule has 2 aromatic rings. The lowest BCUT2D eigenvalue weighted by molar-refractivity contribution is -0.135. The highest BCUT2D eigenvalue weighted by Crippen LogP contribution is 2.17. The number of alkyl halides is 3. The van der Waals surface area contributed by atoms with Crippen LogP contribution in [0.4, 0.5) is 18.9 Å². The number of nitrogens with zero attached hydrogens (tertiary/aromatic N) is 4. The lowest BCUT2D eigenvalue weighted by Crippen LogP contribution is -2.45. The number of halogens is 3. The van der Waals surface area contributed by atoms with Crippen molar-refractivity contribution in [3.8, 4) is 11.8 Å². The Bertz CT molecular complexity index is 1310.